The second kappa shape index (κ2) is 8.58. The summed E-state index contributed by atoms with van der Waals surface area (Å²) in [6.07, 6.45) is 3.42. The van der Waals surface area contributed by atoms with Crippen LogP contribution in [0.3, 0.4) is 0 Å². The molecule has 2 aliphatic rings. The number of Topliss-reactive ketones (excluding diaryl/α,β-unsaturated/α-hetero) is 1. The second-order valence-corrected chi connectivity index (χ2v) is 10.1. The van der Waals surface area contributed by atoms with Crippen LogP contribution in [0.1, 0.15) is 49.8 Å². The summed E-state index contributed by atoms with van der Waals surface area (Å²) in [5.74, 6) is 1.12. The number of hydrogen-bond donors (Lipinski definition) is 1. The molecule has 158 valence electrons. The van der Waals surface area contributed by atoms with Crippen molar-refractivity contribution in [3.63, 3.8) is 0 Å². The average Bonchev–Trinajstić information content (AvgIpc) is 2.78. The number of nitrogens with one attached hydrogen (secondary N) is 1. The highest BCUT2D eigenvalue weighted by Crippen LogP contribution is 2.49. The molecule has 0 saturated carbocycles. The van der Waals surface area contributed by atoms with Gasteiger partial charge < -0.3 is 10.1 Å². The summed E-state index contributed by atoms with van der Waals surface area (Å²) in [6, 6.07) is 16.8. The molecule has 0 bridgehead atoms. The number of hydrogen-bond acceptors (Lipinski definition) is 3. The van der Waals surface area contributed by atoms with Crippen LogP contribution in [0.15, 0.2) is 58.6 Å². The minimum Gasteiger partial charge on any atom is -0.492 e. The lowest BCUT2D eigenvalue weighted by atomic mass is 9.77. The number of carbonyl (C=O) groups is 1. The molecule has 0 radical (unpaired) electrons. The first-order valence-corrected chi connectivity index (χ1v) is 12.6. The van der Waals surface area contributed by atoms with Gasteiger partial charge in [0.2, 0.25) is 0 Å². The van der Waals surface area contributed by atoms with Crippen LogP contribution in [0.25, 0.3) is 16.3 Å². The van der Waals surface area contributed by atoms with E-state index in [0.717, 1.165) is 49.9 Å². The zero-order valence-electron chi connectivity index (χ0n) is 17.3. The van der Waals surface area contributed by atoms with Gasteiger partial charge in [-0.2, -0.15) is 0 Å². The highest BCUT2D eigenvalue weighted by molar-refractivity contribution is 14.1. The van der Waals surface area contributed by atoms with Crippen molar-refractivity contribution >= 4 is 66.3 Å². The molecule has 0 unspecified atom stereocenters. The van der Waals surface area contributed by atoms with Crippen LogP contribution in [0, 0.1) is 3.57 Å². The second-order valence-electron chi connectivity index (χ2n) is 8.11. The van der Waals surface area contributed by atoms with Crippen molar-refractivity contribution < 1.29 is 9.53 Å². The third-order valence-electron chi connectivity index (χ3n) is 6.11. The van der Waals surface area contributed by atoms with E-state index in [9.17, 15) is 4.79 Å². The topological polar surface area (TPSA) is 38.3 Å². The maximum Gasteiger partial charge on any atom is 0.161 e. The third-order valence-corrected chi connectivity index (χ3v) is 7.64. The molecule has 3 aromatic carbocycles. The van der Waals surface area contributed by atoms with E-state index >= 15 is 0 Å². The summed E-state index contributed by atoms with van der Waals surface area (Å²) in [5, 5.41) is 6.16. The first kappa shape index (κ1) is 21.0. The van der Waals surface area contributed by atoms with Crippen molar-refractivity contribution in [3.05, 3.63) is 73.3 Å². The molecular weight excluding hydrogens is 565 g/mol. The quantitative estimate of drug-likeness (QED) is 0.318. The van der Waals surface area contributed by atoms with Crippen molar-refractivity contribution in [1.29, 1.82) is 0 Å². The molecule has 5 heteroatoms. The van der Waals surface area contributed by atoms with E-state index in [2.05, 4.69) is 99.3 Å². The maximum atomic E-state index is 13.2. The number of fused-ring (bicyclic) bond motifs is 4. The van der Waals surface area contributed by atoms with E-state index in [4.69, 9.17) is 4.74 Å². The Hall–Kier alpha value is -1.86. The van der Waals surface area contributed by atoms with Crippen molar-refractivity contribution in [3.8, 4) is 5.75 Å². The van der Waals surface area contributed by atoms with Gasteiger partial charge in [0.25, 0.3) is 0 Å². The van der Waals surface area contributed by atoms with Gasteiger partial charge in [-0.3, -0.25) is 4.79 Å². The van der Waals surface area contributed by atoms with Gasteiger partial charge in [-0.1, -0.05) is 59.3 Å². The number of rotatable bonds is 4. The fourth-order valence-electron chi connectivity index (χ4n) is 4.70. The number of halogens is 2. The SMILES string of the molecule is CCCOc1cc([C@H]2Nc3c(ccc4ccccc34)C3=C2C(=O)CCC3)c(Br)cc1I. The molecule has 1 N–H and O–H groups in total. The summed E-state index contributed by atoms with van der Waals surface area (Å²) in [5.41, 5.74) is 5.45. The first-order valence-electron chi connectivity index (χ1n) is 10.7. The molecule has 0 saturated heterocycles. The Kier molecular flexibility index (Phi) is 5.82. The molecule has 1 atom stereocenters. The highest BCUT2D eigenvalue weighted by Gasteiger charge is 2.35. The Bertz CT molecular complexity index is 1230. The molecule has 0 fully saturated rings. The minimum atomic E-state index is -0.198. The van der Waals surface area contributed by atoms with Gasteiger partial charge in [0.15, 0.2) is 5.78 Å². The first-order chi connectivity index (χ1) is 15.1. The molecule has 5 rings (SSSR count). The van der Waals surface area contributed by atoms with Crippen LogP contribution in [-0.4, -0.2) is 12.4 Å². The Balaban J connectivity index is 1.72. The molecular formula is C26H23BrINO2. The number of anilines is 1. The van der Waals surface area contributed by atoms with Gasteiger partial charge in [0, 0.05) is 27.4 Å². The van der Waals surface area contributed by atoms with Crippen LogP contribution in [0.2, 0.25) is 0 Å². The summed E-state index contributed by atoms with van der Waals surface area (Å²) in [6.45, 7) is 2.78. The Morgan fingerprint density at radius 3 is 2.84 bits per heavy atom. The molecule has 31 heavy (non-hydrogen) atoms. The minimum absolute atomic E-state index is 0.198. The Labute approximate surface area is 204 Å². The van der Waals surface area contributed by atoms with Crippen LogP contribution in [0.5, 0.6) is 5.75 Å². The van der Waals surface area contributed by atoms with E-state index in [1.165, 1.54) is 21.9 Å². The standard InChI is InChI=1S/C26H23BrINO2/c1-2-12-31-23-13-19(20(27)14-21(23)28)26-24-17(8-5-9-22(24)30)18-11-10-15-6-3-4-7-16(15)25(18)29-26/h3-4,6-7,10-11,13-14,26,29H,2,5,8-9,12H2,1H3/t26-/m1/s1. The number of ether oxygens (including phenoxy) is 1. The van der Waals surface area contributed by atoms with Crippen LogP contribution < -0.4 is 10.1 Å². The van der Waals surface area contributed by atoms with Crippen LogP contribution in [0.4, 0.5) is 5.69 Å². The zero-order chi connectivity index (χ0) is 21.5. The van der Waals surface area contributed by atoms with Gasteiger partial charge in [-0.15, -0.1) is 0 Å². The normalized spacial score (nSPS) is 17.9. The lowest BCUT2D eigenvalue weighted by Gasteiger charge is -2.35. The van der Waals surface area contributed by atoms with Gasteiger partial charge >= 0.3 is 0 Å². The lowest BCUT2D eigenvalue weighted by Crippen LogP contribution is -2.27. The summed E-state index contributed by atoms with van der Waals surface area (Å²) in [7, 11) is 0. The Morgan fingerprint density at radius 2 is 2.00 bits per heavy atom. The molecule has 3 aromatic rings. The zero-order valence-corrected chi connectivity index (χ0v) is 21.0. The van der Waals surface area contributed by atoms with Gasteiger partial charge in [0.1, 0.15) is 5.75 Å². The van der Waals surface area contributed by atoms with Crippen molar-refractivity contribution in [1.82, 2.24) is 0 Å². The predicted octanol–water partition coefficient (Wildman–Crippen LogP) is 7.67. The predicted molar refractivity (Wildman–Crippen MR) is 139 cm³/mol. The molecule has 1 aliphatic carbocycles. The number of carbonyl (C=O) groups excluding carboxylic acids is 1. The largest absolute Gasteiger partial charge is 0.492 e. The molecule has 0 aromatic heterocycles. The van der Waals surface area contributed by atoms with E-state index < -0.39 is 0 Å². The van der Waals surface area contributed by atoms with Crippen molar-refractivity contribution in [2.45, 2.75) is 38.6 Å². The Morgan fingerprint density at radius 1 is 1.16 bits per heavy atom. The fourth-order valence-corrected chi connectivity index (χ4v) is 6.32. The van der Waals surface area contributed by atoms with E-state index in [1.54, 1.807) is 0 Å². The van der Waals surface area contributed by atoms with Crippen molar-refractivity contribution in [2.24, 2.45) is 0 Å². The lowest BCUT2D eigenvalue weighted by molar-refractivity contribution is -0.116. The maximum absolute atomic E-state index is 13.2. The van der Waals surface area contributed by atoms with E-state index in [0.29, 0.717) is 13.0 Å². The van der Waals surface area contributed by atoms with Gasteiger partial charge in [-0.05, 0) is 70.5 Å². The molecule has 3 nitrogen and oxygen atoms in total. The van der Waals surface area contributed by atoms with E-state index in [-0.39, 0.29) is 11.8 Å². The molecule has 1 heterocycles. The summed E-state index contributed by atoms with van der Waals surface area (Å²) < 4.78 is 8.07. The van der Waals surface area contributed by atoms with Crippen LogP contribution >= 0.6 is 38.5 Å². The molecule has 0 amide bonds. The monoisotopic (exact) mass is 587 g/mol. The van der Waals surface area contributed by atoms with Crippen molar-refractivity contribution in [2.75, 3.05) is 11.9 Å². The molecule has 1 aliphatic heterocycles. The number of allylic oxidation sites excluding steroid dienone is 1. The smallest absolute Gasteiger partial charge is 0.161 e. The fraction of sp³-hybridized carbons (Fsp3) is 0.269. The summed E-state index contributed by atoms with van der Waals surface area (Å²) >= 11 is 6.09. The number of ketones is 1. The van der Waals surface area contributed by atoms with E-state index in [1.807, 2.05) is 0 Å². The molecule has 0 spiro atoms. The highest BCUT2D eigenvalue weighted by atomic mass is 127. The summed E-state index contributed by atoms with van der Waals surface area (Å²) in [4.78, 5) is 13.2. The van der Waals surface area contributed by atoms with Gasteiger partial charge in [0.05, 0.1) is 21.9 Å². The third kappa shape index (κ3) is 3.69. The number of benzene rings is 3. The van der Waals surface area contributed by atoms with Gasteiger partial charge in [-0.25, -0.2) is 0 Å². The average molecular weight is 588 g/mol. The van der Waals surface area contributed by atoms with Crippen LogP contribution in [-0.2, 0) is 4.79 Å².